The molecule has 112 valence electrons. The van der Waals surface area contributed by atoms with Crippen molar-refractivity contribution in [1.29, 1.82) is 0 Å². The minimum Gasteiger partial charge on any atom is -0.398 e. The fraction of sp³-hybridized carbons (Fsp3) is 0.471. The molecule has 2 heterocycles. The van der Waals surface area contributed by atoms with Gasteiger partial charge in [-0.15, -0.1) is 11.3 Å². The van der Waals surface area contributed by atoms with Gasteiger partial charge in [0, 0.05) is 36.1 Å². The molecular formula is C17H23N3S. The molecule has 0 saturated carbocycles. The fourth-order valence-electron chi connectivity index (χ4n) is 2.79. The van der Waals surface area contributed by atoms with Gasteiger partial charge in [0.25, 0.3) is 0 Å². The molecule has 0 amide bonds. The van der Waals surface area contributed by atoms with Crippen LogP contribution in [0.3, 0.4) is 0 Å². The van der Waals surface area contributed by atoms with Gasteiger partial charge in [-0.3, -0.25) is 4.90 Å². The Balaban J connectivity index is 1.71. The lowest BCUT2D eigenvalue weighted by atomic mass is 9.97. The molecule has 0 spiro atoms. The number of hydrogen-bond donors (Lipinski definition) is 1. The fourth-order valence-corrected chi connectivity index (χ4v) is 3.68. The molecule has 2 aromatic rings. The van der Waals surface area contributed by atoms with Crippen LogP contribution >= 0.6 is 11.3 Å². The Morgan fingerprint density at radius 2 is 2.14 bits per heavy atom. The molecule has 0 unspecified atom stereocenters. The largest absolute Gasteiger partial charge is 0.398 e. The van der Waals surface area contributed by atoms with Gasteiger partial charge in [0.1, 0.15) is 0 Å². The van der Waals surface area contributed by atoms with Gasteiger partial charge in [-0.2, -0.15) is 0 Å². The number of hydrogen-bond acceptors (Lipinski definition) is 4. The molecule has 1 aromatic carbocycles. The molecule has 0 atom stereocenters. The summed E-state index contributed by atoms with van der Waals surface area (Å²) in [6.45, 7) is 9.62. The van der Waals surface area contributed by atoms with Gasteiger partial charge in [0.05, 0.1) is 10.7 Å². The molecule has 2 N–H and O–H groups in total. The van der Waals surface area contributed by atoms with E-state index in [-0.39, 0.29) is 5.41 Å². The van der Waals surface area contributed by atoms with Gasteiger partial charge in [-0.25, -0.2) is 4.98 Å². The average Bonchev–Trinajstić information content (AvgIpc) is 2.87. The lowest BCUT2D eigenvalue weighted by Crippen LogP contribution is -2.30. The van der Waals surface area contributed by atoms with Crippen LogP contribution in [0.5, 0.6) is 0 Å². The Morgan fingerprint density at radius 1 is 1.33 bits per heavy atom. The number of benzene rings is 1. The number of rotatable bonds is 2. The molecule has 0 fully saturated rings. The Bertz CT molecular complexity index is 640. The van der Waals surface area contributed by atoms with Gasteiger partial charge in [-0.1, -0.05) is 32.9 Å². The Morgan fingerprint density at radius 3 is 2.86 bits per heavy atom. The van der Waals surface area contributed by atoms with Crippen LogP contribution in [0.1, 0.15) is 42.6 Å². The third-order valence-corrected chi connectivity index (χ3v) is 5.28. The lowest BCUT2D eigenvalue weighted by molar-refractivity contribution is 0.243. The van der Waals surface area contributed by atoms with Crippen LogP contribution in [-0.4, -0.2) is 16.4 Å². The highest BCUT2D eigenvalue weighted by Gasteiger charge is 2.21. The molecule has 0 radical (unpaired) electrons. The van der Waals surface area contributed by atoms with Gasteiger partial charge in [-0.05, 0) is 23.6 Å². The van der Waals surface area contributed by atoms with Crippen molar-refractivity contribution in [3.8, 4) is 0 Å². The van der Waals surface area contributed by atoms with E-state index in [1.54, 1.807) is 11.3 Å². The molecule has 3 nitrogen and oxygen atoms in total. The molecule has 3 rings (SSSR count). The van der Waals surface area contributed by atoms with E-state index in [1.165, 1.54) is 21.8 Å². The summed E-state index contributed by atoms with van der Waals surface area (Å²) in [5.74, 6) is 0. The number of aromatic nitrogens is 1. The average molecular weight is 301 g/mol. The Kier molecular flexibility index (Phi) is 3.76. The van der Waals surface area contributed by atoms with Crippen molar-refractivity contribution in [3.05, 3.63) is 45.4 Å². The second-order valence-electron chi connectivity index (χ2n) is 6.84. The Labute approximate surface area is 130 Å². The smallest absolute Gasteiger partial charge is 0.0982 e. The number of anilines is 1. The lowest BCUT2D eigenvalue weighted by Gasteiger charge is -2.28. The number of nitrogens with two attached hydrogens (primary N) is 1. The van der Waals surface area contributed by atoms with Crippen molar-refractivity contribution in [2.45, 2.75) is 45.7 Å². The number of thiazole rings is 1. The van der Waals surface area contributed by atoms with Crippen molar-refractivity contribution < 1.29 is 0 Å². The summed E-state index contributed by atoms with van der Waals surface area (Å²) in [6.07, 6.45) is 1.04. The maximum absolute atomic E-state index is 6.06. The zero-order valence-electron chi connectivity index (χ0n) is 13.0. The third-order valence-electron chi connectivity index (χ3n) is 3.96. The van der Waals surface area contributed by atoms with E-state index < -0.39 is 0 Å². The molecule has 0 bridgehead atoms. The highest BCUT2D eigenvalue weighted by atomic mass is 32.1. The molecule has 0 aliphatic carbocycles. The first-order chi connectivity index (χ1) is 9.93. The second-order valence-corrected chi connectivity index (χ2v) is 7.70. The van der Waals surface area contributed by atoms with E-state index in [1.807, 2.05) is 6.07 Å². The van der Waals surface area contributed by atoms with E-state index in [0.29, 0.717) is 0 Å². The Hall–Kier alpha value is -1.39. The maximum Gasteiger partial charge on any atom is 0.0982 e. The summed E-state index contributed by atoms with van der Waals surface area (Å²) >= 11 is 1.78. The quantitative estimate of drug-likeness (QED) is 0.862. The van der Waals surface area contributed by atoms with Crippen molar-refractivity contribution in [2.75, 3.05) is 12.3 Å². The third kappa shape index (κ3) is 3.11. The first-order valence-electron chi connectivity index (χ1n) is 7.47. The zero-order valence-corrected chi connectivity index (χ0v) is 13.8. The highest BCUT2D eigenvalue weighted by molar-refractivity contribution is 7.09. The molecular weight excluding hydrogens is 278 g/mol. The monoisotopic (exact) mass is 301 g/mol. The predicted molar refractivity (Wildman–Crippen MR) is 89.5 cm³/mol. The first-order valence-corrected chi connectivity index (χ1v) is 8.35. The summed E-state index contributed by atoms with van der Waals surface area (Å²) in [7, 11) is 0. The summed E-state index contributed by atoms with van der Waals surface area (Å²) < 4.78 is 0. The van der Waals surface area contributed by atoms with Crippen LogP contribution in [0.25, 0.3) is 0 Å². The molecule has 1 aromatic heterocycles. The normalized spacial score (nSPS) is 16.0. The van der Waals surface area contributed by atoms with Crippen LogP contribution in [0.2, 0.25) is 0 Å². The van der Waals surface area contributed by atoms with Crippen LogP contribution in [-0.2, 0) is 24.9 Å². The number of nitrogens with zero attached hydrogens (tertiary/aromatic N) is 2. The highest BCUT2D eigenvalue weighted by Crippen LogP contribution is 2.28. The molecule has 4 heteroatoms. The summed E-state index contributed by atoms with van der Waals surface area (Å²) in [4.78, 5) is 7.26. The topological polar surface area (TPSA) is 42.2 Å². The summed E-state index contributed by atoms with van der Waals surface area (Å²) in [5, 5.41) is 3.43. The van der Waals surface area contributed by atoms with Gasteiger partial charge >= 0.3 is 0 Å². The zero-order chi connectivity index (χ0) is 15.0. The molecule has 1 aliphatic heterocycles. The molecule has 1 aliphatic rings. The van der Waals surface area contributed by atoms with Crippen molar-refractivity contribution >= 4 is 17.0 Å². The van der Waals surface area contributed by atoms with E-state index in [9.17, 15) is 0 Å². The standard InChI is InChI=1S/C17H23N3S/c1-17(2,3)16-19-13(11-21-16)10-20-8-7-14-12(9-20)5-4-6-15(14)18/h4-6,11H,7-10,18H2,1-3H3. The van der Waals surface area contributed by atoms with Crippen LogP contribution in [0.4, 0.5) is 5.69 Å². The van der Waals surface area contributed by atoms with Crippen molar-refractivity contribution in [3.63, 3.8) is 0 Å². The molecule has 21 heavy (non-hydrogen) atoms. The van der Waals surface area contributed by atoms with Crippen LogP contribution in [0, 0.1) is 0 Å². The summed E-state index contributed by atoms with van der Waals surface area (Å²) in [5.41, 5.74) is 11.0. The van der Waals surface area contributed by atoms with Crippen molar-refractivity contribution in [2.24, 2.45) is 0 Å². The summed E-state index contributed by atoms with van der Waals surface area (Å²) in [6, 6.07) is 6.25. The van der Waals surface area contributed by atoms with Crippen LogP contribution < -0.4 is 5.73 Å². The minimum absolute atomic E-state index is 0.145. The van der Waals surface area contributed by atoms with Gasteiger partial charge in [0.2, 0.25) is 0 Å². The van der Waals surface area contributed by atoms with E-state index in [4.69, 9.17) is 10.7 Å². The second kappa shape index (κ2) is 5.43. The first kappa shape index (κ1) is 14.5. The van der Waals surface area contributed by atoms with Gasteiger partial charge < -0.3 is 5.73 Å². The SMILES string of the molecule is CC(C)(C)c1nc(CN2CCc3c(N)cccc3C2)cs1. The maximum atomic E-state index is 6.06. The van der Waals surface area contributed by atoms with E-state index in [2.05, 4.69) is 43.2 Å². The van der Waals surface area contributed by atoms with E-state index in [0.717, 1.165) is 31.7 Å². The van der Waals surface area contributed by atoms with Crippen LogP contribution in [0.15, 0.2) is 23.6 Å². The number of nitrogen functional groups attached to an aromatic ring is 1. The molecule has 0 saturated heterocycles. The number of fused-ring (bicyclic) bond motifs is 1. The predicted octanol–water partition coefficient (Wildman–Crippen LogP) is 3.58. The minimum atomic E-state index is 0.145. The van der Waals surface area contributed by atoms with Gasteiger partial charge in [0.15, 0.2) is 0 Å². The van der Waals surface area contributed by atoms with E-state index >= 15 is 0 Å². The van der Waals surface area contributed by atoms with Crippen molar-refractivity contribution in [1.82, 2.24) is 9.88 Å².